The third-order valence-corrected chi connectivity index (χ3v) is 3.96. The maximum Gasteiger partial charge on any atom is 0.156 e. The van der Waals surface area contributed by atoms with Crippen LogP contribution >= 0.6 is 0 Å². The van der Waals surface area contributed by atoms with Crippen LogP contribution in [0.25, 0.3) is 33.8 Å². The Labute approximate surface area is 142 Å². The van der Waals surface area contributed by atoms with Crippen LogP contribution in [0.4, 0.5) is 4.39 Å². The summed E-state index contributed by atoms with van der Waals surface area (Å²) in [7, 11) is 1.57. The molecule has 4 rings (SSSR count). The first-order valence-electron chi connectivity index (χ1n) is 7.66. The molecule has 2 aromatic heterocycles. The Bertz CT molecular complexity index is 1030. The van der Waals surface area contributed by atoms with E-state index in [1.165, 1.54) is 12.1 Å². The van der Waals surface area contributed by atoms with Gasteiger partial charge in [-0.3, -0.25) is 5.10 Å². The van der Waals surface area contributed by atoms with Gasteiger partial charge in [0.25, 0.3) is 0 Å². The van der Waals surface area contributed by atoms with E-state index in [1.54, 1.807) is 19.2 Å². The number of aliphatic hydroxyl groups is 1. The second-order valence-electron chi connectivity index (χ2n) is 5.64. The Morgan fingerprint density at radius 2 is 2.04 bits per heavy atom. The molecular formula is C18H15FN4O2. The first kappa shape index (κ1) is 15.3. The van der Waals surface area contributed by atoms with E-state index in [0.717, 1.165) is 16.6 Å². The van der Waals surface area contributed by atoms with Gasteiger partial charge in [-0.05, 0) is 42.0 Å². The molecule has 126 valence electrons. The van der Waals surface area contributed by atoms with E-state index in [0.29, 0.717) is 28.5 Å². The number of H-pyrrole nitrogens is 2. The fourth-order valence-electron chi connectivity index (χ4n) is 2.72. The van der Waals surface area contributed by atoms with Crippen LogP contribution in [0.2, 0.25) is 0 Å². The lowest BCUT2D eigenvalue weighted by molar-refractivity contribution is 0.281. The minimum Gasteiger partial charge on any atom is -0.497 e. The number of nitrogens with zero attached hydrogens (tertiary/aromatic N) is 2. The molecular weight excluding hydrogens is 323 g/mol. The molecule has 0 atom stereocenters. The van der Waals surface area contributed by atoms with Crippen molar-refractivity contribution in [2.75, 3.05) is 7.11 Å². The first-order chi connectivity index (χ1) is 12.2. The number of methoxy groups -OCH3 is 1. The summed E-state index contributed by atoms with van der Waals surface area (Å²) in [5.41, 5.74) is 4.22. The van der Waals surface area contributed by atoms with E-state index in [-0.39, 0.29) is 12.4 Å². The summed E-state index contributed by atoms with van der Waals surface area (Å²) in [6, 6.07) is 11.7. The number of nitrogens with one attached hydrogen (secondary N) is 2. The summed E-state index contributed by atoms with van der Waals surface area (Å²) >= 11 is 0. The zero-order valence-corrected chi connectivity index (χ0v) is 13.4. The van der Waals surface area contributed by atoms with Gasteiger partial charge in [0.2, 0.25) is 0 Å². The number of aliphatic hydroxyl groups excluding tert-OH is 1. The van der Waals surface area contributed by atoms with E-state index in [9.17, 15) is 9.50 Å². The van der Waals surface area contributed by atoms with Crippen LogP contribution in [-0.2, 0) is 6.61 Å². The second kappa shape index (κ2) is 6.03. The molecule has 0 aliphatic carbocycles. The highest BCUT2D eigenvalue weighted by Gasteiger charge is 2.12. The van der Waals surface area contributed by atoms with Gasteiger partial charge in [0, 0.05) is 11.6 Å². The summed E-state index contributed by atoms with van der Waals surface area (Å²) in [5.74, 6) is 0.888. The van der Waals surface area contributed by atoms with Crippen molar-refractivity contribution in [1.29, 1.82) is 0 Å². The second-order valence-corrected chi connectivity index (χ2v) is 5.64. The fraction of sp³-hybridized carbons (Fsp3) is 0.111. The van der Waals surface area contributed by atoms with Crippen molar-refractivity contribution in [3.8, 4) is 28.5 Å². The minimum atomic E-state index is -0.330. The van der Waals surface area contributed by atoms with Crippen molar-refractivity contribution in [1.82, 2.24) is 20.2 Å². The third-order valence-electron chi connectivity index (χ3n) is 3.96. The van der Waals surface area contributed by atoms with E-state index in [4.69, 9.17) is 4.74 Å². The highest BCUT2D eigenvalue weighted by Crippen LogP contribution is 2.28. The average molecular weight is 338 g/mol. The Hall–Kier alpha value is -3.19. The highest BCUT2D eigenvalue weighted by molar-refractivity contribution is 5.79. The number of hydrogen-bond donors (Lipinski definition) is 3. The Morgan fingerprint density at radius 3 is 2.84 bits per heavy atom. The number of benzene rings is 2. The summed E-state index contributed by atoms with van der Waals surface area (Å²) in [6.07, 6.45) is 0. The quantitative estimate of drug-likeness (QED) is 0.533. The van der Waals surface area contributed by atoms with Crippen molar-refractivity contribution in [3.63, 3.8) is 0 Å². The molecule has 0 aliphatic heterocycles. The zero-order chi connectivity index (χ0) is 17.4. The molecule has 0 saturated carbocycles. The van der Waals surface area contributed by atoms with E-state index < -0.39 is 0 Å². The van der Waals surface area contributed by atoms with Crippen LogP contribution in [0.15, 0.2) is 42.5 Å². The molecule has 6 nitrogen and oxygen atoms in total. The van der Waals surface area contributed by atoms with Crippen LogP contribution in [0, 0.1) is 5.82 Å². The maximum atomic E-state index is 13.3. The molecule has 4 aromatic rings. The van der Waals surface area contributed by atoms with Gasteiger partial charge < -0.3 is 14.8 Å². The minimum absolute atomic E-state index is 0.0867. The maximum absolute atomic E-state index is 13.3. The van der Waals surface area contributed by atoms with Crippen molar-refractivity contribution in [3.05, 3.63) is 53.8 Å². The average Bonchev–Trinajstić information content (AvgIpc) is 3.27. The molecule has 2 aromatic carbocycles. The van der Waals surface area contributed by atoms with E-state index in [1.807, 2.05) is 18.2 Å². The first-order valence-corrected chi connectivity index (χ1v) is 7.66. The zero-order valence-electron chi connectivity index (χ0n) is 13.4. The van der Waals surface area contributed by atoms with Gasteiger partial charge in [-0.25, -0.2) is 9.37 Å². The molecule has 0 spiro atoms. The summed E-state index contributed by atoms with van der Waals surface area (Å²) < 4.78 is 18.6. The molecule has 25 heavy (non-hydrogen) atoms. The van der Waals surface area contributed by atoms with Crippen molar-refractivity contribution >= 4 is 11.0 Å². The molecule has 0 radical (unpaired) electrons. The molecule has 0 fully saturated rings. The van der Waals surface area contributed by atoms with Gasteiger partial charge in [0.05, 0.1) is 30.4 Å². The number of fused-ring (bicyclic) bond motifs is 1. The molecule has 7 heteroatoms. The van der Waals surface area contributed by atoms with Crippen LogP contribution in [0.1, 0.15) is 5.56 Å². The van der Waals surface area contributed by atoms with Gasteiger partial charge in [0.15, 0.2) is 5.82 Å². The van der Waals surface area contributed by atoms with E-state index >= 15 is 0 Å². The molecule has 2 heterocycles. The Morgan fingerprint density at radius 1 is 1.16 bits per heavy atom. The topological polar surface area (TPSA) is 86.8 Å². The lowest BCUT2D eigenvalue weighted by Gasteiger charge is -2.05. The normalized spacial score (nSPS) is 11.2. The molecule has 0 unspecified atom stereocenters. The Kier molecular flexibility index (Phi) is 3.70. The van der Waals surface area contributed by atoms with Gasteiger partial charge in [0.1, 0.15) is 17.3 Å². The SMILES string of the molecule is COc1cc(CO)cc(-c2cc(-c3nc4cc(F)ccc4[nH]3)[nH]n2)c1. The van der Waals surface area contributed by atoms with Crippen LogP contribution in [-0.4, -0.2) is 32.4 Å². The summed E-state index contributed by atoms with van der Waals surface area (Å²) in [5, 5.41) is 16.6. The van der Waals surface area contributed by atoms with Crippen LogP contribution in [0.5, 0.6) is 5.75 Å². The standard InChI is InChI=1S/C18H15FN4O2/c1-25-13-5-10(9-24)4-11(6-13)15-8-17(23-22-15)18-20-14-3-2-12(19)7-16(14)21-18/h2-8,24H,9H2,1H3,(H,20,21)(H,22,23). The lowest BCUT2D eigenvalue weighted by Crippen LogP contribution is -1.90. The van der Waals surface area contributed by atoms with Crippen molar-refractivity contribution < 1.29 is 14.2 Å². The van der Waals surface area contributed by atoms with E-state index in [2.05, 4.69) is 20.2 Å². The lowest BCUT2D eigenvalue weighted by atomic mass is 10.1. The predicted octanol–water partition coefficient (Wildman–Crippen LogP) is 3.26. The molecule has 0 bridgehead atoms. The number of hydrogen-bond acceptors (Lipinski definition) is 4. The van der Waals surface area contributed by atoms with Crippen molar-refractivity contribution in [2.24, 2.45) is 0 Å². The fourth-order valence-corrected chi connectivity index (χ4v) is 2.72. The molecule has 0 saturated heterocycles. The number of aromatic nitrogens is 4. The summed E-state index contributed by atoms with van der Waals surface area (Å²) in [4.78, 5) is 7.52. The Balaban J connectivity index is 1.74. The molecule has 0 amide bonds. The largest absolute Gasteiger partial charge is 0.497 e. The van der Waals surface area contributed by atoms with Gasteiger partial charge >= 0.3 is 0 Å². The molecule has 0 aliphatic rings. The monoisotopic (exact) mass is 338 g/mol. The van der Waals surface area contributed by atoms with Gasteiger partial charge in [-0.15, -0.1) is 0 Å². The van der Waals surface area contributed by atoms with Crippen molar-refractivity contribution in [2.45, 2.75) is 6.61 Å². The summed E-state index contributed by atoms with van der Waals surface area (Å²) in [6.45, 7) is -0.0867. The van der Waals surface area contributed by atoms with Gasteiger partial charge in [-0.1, -0.05) is 0 Å². The highest BCUT2D eigenvalue weighted by atomic mass is 19.1. The number of ether oxygens (including phenoxy) is 1. The van der Waals surface area contributed by atoms with Crippen LogP contribution in [0.3, 0.4) is 0 Å². The number of imidazole rings is 1. The predicted molar refractivity (Wildman–Crippen MR) is 91.5 cm³/mol. The number of rotatable bonds is 4. The smallest absolute Gasteiger partial charge is 0.156 e. The third kappa shape index (κ3) is 2.85. The number of halogens is 1. The van der Waals surface area contributed by atoms with Gasteiger partial charge in [-0.2, -0.15) is 5.10 Å². The molecule has 3 N–H and O–H groups in total. The number of aromatic amines is 2. The van der Waals surface area contributed by atoms with Crippen LogP contribution < -0.4 is 4.74 Å².